The number of para-hydroxylation sites is 2. The van der Waals surface area contributed by atoms with Crippen LogP contribution in [-0.4, -0.2) is 31.6 Å². The predicted molar refractivity (Wildman–Crippen MR) is 69.9 cm³/mol. The van der Waals surface area contributed by atoms with E-state index in [1.807, 2.05) is 29.2 Å². The summed E-state index contributed by atoms with van der Waals surface area (Å²) in [7, 11) is 0. The Hall–Kier alpha value is -1.55. The van der Waals surface area contributed by atoms with Crippen molar-refractivity contribution < 1.29 is 9.53 Å². The molecule has 1 N–H and O–H groups in total. The third kappa shape index (κ3) is 2.48. The number of fused-ring (bicyclic) bond motifs is 1. The van der Waals surface area contributed by atoms with Crippen LogP contribution in [0.3, 0.4) is 0 Å². The van der Waals surface area contributed by atoms with Crippen LogP contribution in [0.1, 0.15) is 19.3 Å². The molecule has 1 amide bonds. The molecule has 1 saturated carbocycles. The molecule has 0 bridgehead atoms. The maximum atomic E-state index is 12.1. The number of hydrogen-bond acceptors (Lipinski definition) is 3. The van der Waals surface area contributed by atoms with E-state index in [-0.39, 0.29) is 5.91 Å². The predicted octanol–water partition coefficient (Wildman–Crippen LogP) is 1.55. The molecule has 0 saturated heterocycles. The molecule has 0 unspecified atom stereocenters. The second kappa shape index (κ2) is 4.98. The molecule has 0 spiro atoms. The summed E-state index contributed by atoms with van der Waals surface area (Å²) >= 11 is 0. The molecular weight excluding hydrogens is 228 g/mol. The first kappa shape index (κ1) is 11.5. The zero-order chi connectivity index (χ0) is 12.4. The van der Waals surface area contributed by atoms with Crippen LogP contribution in [0.2, 0.25) is 0 Å². The number of hydrogen-bond donors (Lipinski definition) is 1. The van der Waals surface area contributed by atoms with Gasteiger partial charge in [0.2, 0.25) is 5.91 Å². The summed E-state index contributed by atoms with van der Waals surface area (Å²) in [6.45, 7) is 2.04. The first-order valence-electron chi connectivity index (χ1n) is 6.60. The Labute approximate surface area is 107 Å². The lowest BCUT2D eigenvalue weighted by Crippen LogP contribution is -2.37. The molecule has 1 aromatic carbocycles. The van der Waals surface area contributed by atoms with Crippen LogP contribution in [0.4, 0.5) is 5.69 Å². The third-order valence-electron chi connectivity index (χ3n) is 3.38. The number of benzene rings is 1. The van der Waals surface area contributed by atoms with E-state index in [9.17, 15) is 4.79 Å². The summed E-state index contributed by atoms with van der Waals surface area (Å²) in [5.74, 6) is 0.965. The Kier molecular flexibility index (Phi) is 3.19. The standard InChI is InChI=1S/C14H18N2O2/c17-14-7-10-18-13-4-2-1-3-12(13)16(14)9-8-15-11-5-6-11/h1-4,11,15H,5-10H2. The van der Waals surface area contributed by atoms with E-state index in [1.54, 1.807) is 0 Å². The quantitative estimate of drug-likeness (QED) is 0.876. The summed E-state index contributed by atoms with van der Waals surface area (Å²) in [5, 5.41) is 3.44. The van der Waals surface area contributed by atoms with Crippen molar-refractivity contribution in [1.29, 1.82) is 0 Å². The number of ether oxygens (including phenoxy) is 1. The highest BCUT2D eigenvalue weighted by Crippen LogP contribution is 2.30. The lowest BCUT2D eigenvalue weighted by atomic mass is 10.2. The van der Waals surface area contributed by atoms with E-state index in [0.717, 1.165) is 24.5 Å². The van der Waals surface area contributed by atoms with Gasteiger partial charge in [-0.1, -0.05) is 12.1 Å². The largest absolute Gasteiger partial charge is 0.491 e. The average molecular weight is 246 g/mol. The van der Waals surface area contributed by atoms with Gasteiger partial charge in [0.25, 0.3) is 0 Å². The lowest BCUT2D eigenvalue weighted by molar-refractivity contribution is -0.118. The summed E-state index contributed by atoms with van der Waals surface area (Å²) in [6, 6.07) is 8.45. The van der Waals surface area contributed by atoms with Crippen LogP contribution in [0.15, 0.2) is 24.3 Å². The van der Waals surface area contributed by atoms with Gasteiger partial charge in [-0.3, -0.25) is 4.79 Å². The molecule has 2 aliphatic rings. The van der Waals surface area contributed by atoms with Crippen LogP contribution in [0, 0.1) is 0 Å². The summed E-state index contributed by atoms with van der Waals surface area (Å²) in [5.41, 5.74) is 0.901. The number of nitrogens with one attached hydrogen (secondary N) is 1. The zero-order valence-corrected chi connectivity index (χ0v) is 10.4. The highest BCUT2D eigenvalue weighted by Gasteiger charge is 2.24. The van der Waals surface area contributed by atoms with Crippen molar-refractivity contribution in [2.24, 2.45) is 0 Å². The Balaban J connectivity index is 1.73. The first-order chi connectivity index (χ1) is 8.84. The van der Waals surface area contributed by atoms with Crippen LogP contribution in [0.25, 0.3) is 0 Å². The Morgan fingerprint density at radius 2 is 2.17 bits per heavy atom. The van der Waals surface area contributed by atoms with Gasteiger partial charge in [-0.2, -0.15) is 0 Å². The number of anilines is 1. The zero-order valence-electron chi connectivity index (χ0n) is 10.4. The number of carbonyl (C=O) groups excluding carboxylic acids is 1. The second-order valence-electron chi connectivity index (χ2n) is 4.84. The Morgan fingerprint density at radius 3 is 3.00 bits per heavy atom. The molecule has 1 fully saturated rings. The Bertz CT molecular complexity index is 443. The van der Waals surface area contributed by atoms with Crippen molar-refractivity contribution in [2.75, 3.05) is 24.6 Å². The molecule has 1 heterocycles. The highest BCUT2D eigenvalue weighted by atomic mass is 16.5. The van der Waals surface area contributed by atoms with Crippen molar-refractivity contribution >= 4 is 11.6 Å². The van der Waals surface area contributed by atoms with Gasteiger partial charge in [-0.15, -0.1) is 0 Å². The van der Waals surface area contributed by atoms with Gasteiger partial charge < -0.3 is 15.0 Å². The van der Waals surface area contributed by atoms with Gasteiger partial charge in [0.15, 0.2) is 0 Å². The molecule has 0 atom stereocenters. The summed E-state index contributed by atoms with van der Waals surface area (Å²) in [4.78, 5) is 13.9. The fourth-order valence-electron chi connectivity index (χ4n) is 2.23. The molecule has 1 aliphatic heterocycles. The minimum atomic E-state index is 0.151. The number of rotatable bonds is 4. The number of nitrogens with zero attached hydrogens (tertiary/aromatic N) is 1. The van der Waals surface area contributed by atoms with Gasteiger partial charge in [0.05, 0.1) is 18.7 Å². The molecule has 0 aromatic heterocycles. The minimum absolute atomic E-state index is 0.151. The smallest absolute Gasteiger partial charge is 0.230 e. The SMILES string of the molecule is O=C1CCOc2ccccc2N1CCNC1CC1. The maximum Gasteiger partial charge on any atom is 0.230 e. The monoisotopic (exact) mass is 246 g/mol. The fraction of sp³-hybridized carbons (Fsp3) is 0.500. The lowest BCUT2D eigenvalue weighted by Gasteiger charge is -2.22. The molecule has 18 heavy (non-hydrogen) atoms. The second-order valence-corrected chi connectivity index (χ2v) is 4.84. The van der Waals surface area contributed by atoms with Crippen LogP contribution in [-0.2, 0) is 4.79 Å². The number of amides is 1. The van der Waals surface area contributed by atoms with Crippen molar-refractivity contribution in [3.8, 4) is 5.75 Å². The fourth-order valence-corrected chi connectivity index (χ4v) is 2.23. The van der Waals surface area contributed by atoms with Gasteiger partial charge >= 0.3 is 0 Å². The number of carbonyl (C=O) groups is 1. The first-order valence-corrected chi connectivity index (χ1v) is 6.60. The normalized spacial score (nSPS) is 19.1. The average Bonchev–Trinajstić information content (AvgIpc) is 3.19. The molecule has 96 valence electrons. The van der Waals surface area contributed by atoms with Gasteiger partial charge in [0.1, 0.15) is 5.75 Å². The topological polar surface area (TPSA) is 41.6 Å². The van der Waals surface area contributed by atoms with Gasteiger partial charge in [-0.25, -0.2) is 0 Å². The maximum absolute atomic E-state index is 12.1. The summed E-state index contributed by atoms with van der Waals surface area (Å²) < 4.78 is 5.61. The van der Waals surface area contributed by atoms with Crippen molar-refractivity contribution in [3.63, 3.8) is 0 Å². The van der Waals surface area contributed by atoms with E-state index >= 15 is 0 Å². The van der Waals surface area contributed by atoms with E-state index in [4.69, 9.17) is 4.74 Å². The van der Waals surface area contributed by atoms with Crippen LogP contribution < -0.4 is 15.0 Å². The molecule has 1 aromatic rings. The molecule has 3 rings (SSSR count). The highest BCUT2D eigenvalue weighted by molar-refractivity contribution is 5.95. The van der Waals surface area contributed by atoms with Gasteiger partial charge in [0, 0.05) is 19.1 Å². The van der Waals surface area contributed by atoms with Gasteiger partial charge in [-0.05, 0) is 25.0 Å². The van der Waals surface area contributed by atoms with Crippen LogP contribution >= 0.6 is 0 Å². The molecule has 0 radical (unpaired) electrons. The van der Waals surface area contributed by atoms with Crippen molar-refractivity contribution in [3.05, 3.63) is 24.3 Å². The third-order valence-corrected chi connectivity index (χ3v) is 3.38. The van der Waals surface area contributed by atoms with Crippen molar-refractivity contribution in [2.45, 2.75) is 25.3 Å². The van der Waals surface area contributed by atoms with E-state index in [2.05, 4.69) is 5.32 Å². The minimum Gasteiger partial charge on any atom is -0.491 e. The molecule has 1 aliphatic carbocycles. The molecule has 4 heteroatoms. The summed E-state index contributed by atoms with van der Waals surface area (Å²) in [6.07, 6.45) is 3.00. The van der Waals surface area contributed by atoms with E-state index < -0.39 is 0 Å². The van der Waals surface area contributed by atoms with Crippen molar-refractivity contribution in [1.82, 2.24) is 5.32 Å². The molecule has 4 nitrogen and oxygen atoms in total. The molecular formula is C14H18N2O2. The Morgan fingerprint density at radius 1 is 1.33 bits per heavy atom. The van der Waals surface area contributed by atoms with Crippen LogP contribution in [0.5, 0.6) is 5.75 Å². The van der Waals surface area contributed by atoms with E-state index in [0.29, 0.717) is 19.1 Å². The van der Waals surface area contributed by atoms with E-state index in [1.165, 1.54) is 12.8 Å².